The van der Waals surface area contributed by atoms with E-state index >= 15 is 0 Å². The van der Waals surface area contributed by atoms with Crippen molar-refractivity contribution >= 4 is 20.0 Å². The quantitative estimate of drug-likeness (QED) is 0.437. The van der Waals surface area contributed by atoms with Crippen LogP contribution in [0.4, 0.5) is 0 Å². The Hall–Kier alpha value is -1.04. The van der Waals surface area contributed by atoms with E-state index in [0.717, 1.165) is 62.1 Å². The zero-order valence-electron chi connectivity index (χ0n) is 23.2. The lowest BCUT2D eigenvalue weighted by Gasteiger charge is -2.41. The fourth-order valence-electron chi connectivity index (χ4n) is 6.61. The number of unbranched alkanes of at least 4 members (excludes halogenated alkanes) is 1. The summed E-state index contributed by atoms with van der Waals surface area (Å²) >= 11 is 0. The van der Waals surface area contributed by atoms with Crippen LogP contribution in [0.3, 0.4) is 0 Å². The van der Waals surface area contributed by atoms with E-state index in [1.165, 1.54) is 12.8 Å². The van der Waals surface area contributed by atoms with E-state index in [2.05, 4.69) is 16.8 Å². The molecule has 37 heavy (non-hydrogen) atoms. The summed E-state index contributed by atoms with van der Waals surface area (Å²) in [6, 6.07) is 4.40. The van der Waals surface area contributed by atoms with Gasteiger partial charge in [0.05, 0.1) is 10.6 Å². The fourth-order valence-corrected chi connectivity index (χ4v) is 10.3. The van der Waals surface area contributed by atoms with Crippen LogP contribution in [0.5, 0.6) is 0 Å². The molecule has 8 nitrogen and oxygen atoms in total. The molecule has 4 rings (SSSR count). The van der Waals surface area contributed by atoms with Crippen LogP contribution in [0, 0.1) is 20.8 Å². The minimum Gasteiger partial charge on any atom is -0.306 e. The molecule has 0 saturated carbocycles. The summed E-state index contributed by atoms with van der Waals surface area (Å²) in [5.74, 6) is 0.150. The fraction of sp³-hybridized carbons (Fsp3) is 0.778. The number of rotatable bonds is 9. The number of nitrogens with zero attached hydrogens (tertiary/aromatic N) is 4. The predicted octanol–water partition coefficient (Wildman–Crippen LogP) is 2.98. The number of benzene rings is 1. The van der Waals surface area contributed by atoms with Gasteiger partial charge in [0.2, 0.25) is 20.0 Å². The van der Waals surface area contributed by atoms with Gasteiger partial charge in [-0.2, -0.15) is 8.61 Å². The molecule has 210 valence electrons. The van der Waals surface area contributed by atoms with Crippen LogP contribution in [0.1, 0.15) is 61.6 Å². The summed E-state index contributed by atoms with van der Waals surface area (Å²) in [6.45, 7) is 11.3. The zero-order chi connectivity index (χ0) is 26.8. The Morgan fingerprint density at radius 1 is 0.811 bits per heavy atom. The lowest BCUT2D eigenvalue weighted by atomic mass is 10.0. The SMILES string of the molecule is Cc1cc(C)c(S(=O)(=O)N2CCCC2CCCCS(=O)(=O)N2CCN(C3CCN(C)CC3)CC2)c(C)c1. The van der Waals surface area contributed by atoms with Gasteiger partial charge in [-0.1, -0.05) is 24.1 Å². The molecule has 0 bridgehead atoms. The number of hydrogen-bond donors (Lipinski definition) is 0. The largest absolute Gasteiger partial charge is 0.306 e. The van der Waals surface area contributed by atoms with Gasteiger partial charge in [-0.3, -0.25) is 4.90 Å². The van der Waals surface area contributed by atoms with E-state index < -0.39 is 20.0 Å². The molecule has 3 heterocycles. The van der Waals surface area contributed by atoms with Crippen LogP contribution in [0.25, 0.3) is 0 Å². The van der Waals surface area contributed by atoms with Gasteiger partial charge in [0, 0.05) is 44.8 Å². The number of hydrogen-bond acceptors (Lipinski definition) is 6. The number of piperidine rings is 1. The van der Waals surface area contributed by atoms with E-state index in [0.29, 0.717) is 43.4 Å². The van der Waals surface area contributed by atoms with Crippen molar-refractivity contribution in [1.82, 2.24) is 18.4 Å². The van der Waals surface area contributed by atoms with Gasteiger partial charge >= 0.3 is 0 Å². The van der Waals surface area contributed by atoms with Crippen LogP contribution in [-0.4, -0.2) is 106 Å². The van der Waals surface area contributed by atoms with Crippen molar-refractivity contribution in [1.29, 1.82) is 0 Å². The van der Waals surface area contributed by atoms with Crippen molar-refractivity contribution in [2.45, 2.75) is 82.7 Å². The van der Waals surface area contributed by atoms with E-state index in [1.54, 1.807) is 8.61 Å². The van der Waals surface area contributed by atoms with Gasteiger partial charge in [-0.25, -0.2) is 16.8 Å². The third kappa shape index (κ3) is 6.76. The highest BCUT2D eigenvalue weighted by Crippen LogP contribution is 2.32. The number of aryl methyl sites for hydroxylation is 3. The van der Waals surface area contributed by atoms with Crippen LogP contribution in [0.15, 0.2) is 17.0 Å². The van der Waals surface area contributed by atoms with Crippen molar-refractivity contribution in [3.8, 4) is 0 Å². The molecule has 1 unspecified atom stereocenters. The Morgan fingerprint density at radius 3 is 2.05 bits per heavy atom. The Morgan fingerprint density at radius 2 is 1.43 bits per heavy atom. The molecule has 3 aliphatic rings. The van der Waals surface area contributed by atoms with Crippen molar-refractivity contribution < 1.29 is 16.8 Å². The van der Waals surface area contributed by atoms with Crippen molar-refractivity contribution in [2.75, 3.05) is 58.6 Å². The summed E-state index contributed by atoms with van der Waals surface area (Å²) < 4.78 is 56.5. The average molecular weight is 555 g/mol. The van der Waals surface area contributed by atoms with Crippen molar-refractivity contribution in [3.05, 3.63) is 28.8 Å². The first-order valence-electron chi connectivity index (χ1n) is 14.0. The molecule has 10 heteroatoms. The van der Waals surface area contributed by atoms with Gasteiger partial charge in [0.1, 0.15) is 0 Å². The third-order valence-electron chi connectivity index (χ3n) is 8.56. The highest BCUT2D eigenvalue weighted by molar-refractivity contribution is 7.89. The number of sulfonamides is 2. The van der Waals surface area contributed by atoms with Crippen LogP contribution >= 0.6 is 0 Å². The van der Waals surface area contributed by atoms with E-state index in [-0.39, 0.29) is 11.8 Å². The van der Waals surface area contributed by atoms with E-state index in [4.69, 9.17) is 0 Å². The zero-order valence-corrected chi connectivity index (χ0v) is 24.8. The first-order chi connectivity index (χ1) is 17.5. The molecule has 0 aromatic heterocycles. The van der Waals surface area contributed by atoms with Crippen LogP contribution in [-0.2, 0) is 20.0 Å². The summed E-state index contributed by atoms with van der Waals surface area (Å²) in [4.78, 5) is 5.28. The Kier molecular flexibility index (Phi) is 9.39. The van der Waals surface area contributed by atoms with Crippen LogP contribution < -0.4 is 0 Å². The lowest BCUT2D eigenvalue weighted by Crippen LogP contribution is -2.54. The van der Waals surface area contributed by atoms with Gasteiger partial charge in [0.15, 0.2) is 0 Å². The van der Waals surface area contributed by atoms with Crippen molar-refractivity contribution in [3.63, 3.8) is 0 Å². The molecule has 1 aromatic carbocycles. The molecular formula is C27H46N4O4S2. The molecule has 3 fully saturated rings. The lowest BCUT2D eigenvalue weighted by molar-refractivity contribution is 0.0892. The predicted molar refractivity (Wildman–Crippen MR) is 149 cm³/mol. The second kappa shape index (κ2) is 12.0. The van der Waals surface area contributed by atoms with Crippen LogP contribution in [0.2, 0.25) is 0 Å². The molecule has 1 aromatic rings. The molecule has 1 atom stereocenters. The summed E-state index contributed by atoms with van der Waals surface area (Å²) in [5.41, 5.74) is 2.66. The van der Waals surface area contributed by atoms with Crippen molar-refractivity contribution in [2.24, 2.45) is 0 Å². The molecular weight excluding hydrogens is 508 g/mol. The van der Waals surface area contributed by atoms with Gasteiger partial charge < -0.3 is 4.90 Å². The topological polar surface area (TPSA) is 81.2 Å². The maximum absolute atomic E-state index is 13.6. The first-order valence-corrected chi connectivity index (χ1v) is 17.0. The second-order valence-corrected chi connectivity index (χ2v) is 15.3. The highest BCUT2D eigenvalue weighted by atomic mass is 32.2. The van der Waals surface area contributed by atoms with E-state index in [9.17, 15) is 16.8 Å². The number of piperazine rings is 1. The normalized spacial score (nSPS) is 24.2. The first kappa shape index (κ1) is 29.0. The van der Waals surface area contributed by atoms with Gasteiger partial charge in [0.25, 0.3) is 0 Å². The molecule has 3 aliphatic heterocycles. The summed E-state index contributed by atoms with van der Waals surface area (Å²) in [7, 11) is -4.68. The average Bonchev–Trinajstić information content (AvgIpc) is 3.31. The molecule has 0 N–H and O–H groups in total. The third-order valence-corrected chi connectivity index (χ3v) is 12.8. The minimum absolute atomic E-state index is 0.0501. The molecule has 0 spiro atoms. The maximum Gasteiger partial charge on any atom is 0.243 e. The smallest absolute Gasteiger partial charge is 0.243 e. The highest BCUT2D eigenvalue weighted by Gasteiger charge is 2.37. The Bertz CT molecular complexity index is 1120. The maximum atomic E-state index is 13.6. The summed E-state index contributed by atoms with van der Waals surface area (Å²) in [5, 5.41) is 0. The molecule has 0 radical (unpaired) electrons. The number of likely N-dealkylation sites (tertiary alicyclic amines) is 1. The second-order valence-electron chi connectivity index (χ2n) is 11.4. The summed E-state index contributed by atoms with van der Waals surface area (Å²) in [6.07, 6.45) is 6.04. The van der Waals surface area contributed by atoms with Gasteiger partial charge in [-0.15, -0.1) is 0 Å². The molecule has 0 amide bonds. The Balaban J connectivity index is 1.26. The molecule has 0 aliphatic carbocycles. The standard InChI is InChI=1S/C27H46N4O4S2/c1-22-20-23(2)27(24(3)21-22)37(34,35)31-12-7-9-26(31)8-5-6-19-36(32,33)30-17-15-29(16-18-30)25-10-13-28(4)14-11-25/h20-21,25-26H,5-19H2,1-4H3. The minimum atomic E-state index is -3.57. The monoisotopic (exact) mass is 554 g/mol. The Labute approximate surface area is 225 Å². The van der Waals surface area contributed by atoms with Gasteiger partial charge in [-0.05, 0) is 90.6 Å². The molecule has 3 saturated heterocycles. The van der Waals surface area contributed by atoms with E-state index in [1.807, 2.05) is 32.9 Å².